The van der Waals surface area contributed by atoms with Crippen LogP contribution in [-0.2, 0) is 9.53 Å². The zero-order valence-corrected chi connectivity index (χ0v) is 11.2. The molecule has 0 radical (unpaired) electrons. The second-order valence-electron chi connectivity index (χ2n) is 4.20. The molecule has 1 aromatic rings. The van der Waals surface area contributed by atoms with Gasteiger partial charge in [-0.05, 0) is 0 Å². The molecule has 0 aliphatic carbocycles. The molecule has 1 aliphatic heterocycles. The number of nitrogens with one attached hydrogen (secondary N) is 2. The Morgan fingerprint density at radius 1 is 1.30 bits per heavy atom. The predicted octanol–water partition coefficient (Wildman–Crippen LogP) is 1.84. The summed E-state index contributed by atoms with van der Waals surface area (Å²) in [4.78, 5) is 11.6. The van der Waals surface area contributed by atoms with Gasteiger partial charge in [0, 0.05) is 25.2 Å². The number of halogens is 4. The van der Waals surface area contributed by atoms with Crippen molar-refractivity contribution in [3.63, 3.8) is 0 Å². The van der Waals surface area contributed by atoms with Gasteiger partial charge in [0.2, 0.25) is 5.91 Å². The first-order chi connectivity index (χ1) is 9.06. The van der Waals surface area contributed by atoms with Crippen LogP contribution in [0.1, 0.15) is 6.42 Å². The molecule has 112 valence electrons. The van der Waals surface area contributed by atoms with Crippen molar-refractivity contribution in [1.29, 1.82) is 0 Å². The van der Waals surface area contributed by atoms with E-state index in [2.05, 4.69) is 10.6 Å². The van der Waals surface area contributed by atoms with E-state index in [4.69, 9.17) is 4.74 Å². The number of anilines is 1. The fourth-order valence-electron chi connectivity index (χ4n) is 1.78. The van der Waals surface area contributed by atoms with Crippen LogP contribution in [0.5, 0.6) is 0 Å². The number of amides is 1. The minimum absolute atomic E-state index is 0. The van der Waals surface area contributed by atoms with Gasteiger partial charge in [0.1, 0.15) is 5.82 Å². The zero-order chi connectivity index (χ0) is 13.8. The molecule has 1 atom stereocenters. The molecule has 1 heterocycles. The molecule has 0 aromatic heterocycles. The lowest BCUT2D eigenvalue weighted by Gasteiger charge is -2.23. The van der Waals surface area contributed by atoms with Crippen LogP contribution in [-0.4, -0.2) is 31.7 Å². The van der Waals surface area contributed by atoms with E-state index in [1.165, 1.54) is 0 Å². The normalized spacial score (nSPS) is 18.2. The Hall–Kier alpha value is -1.31. The average molecular weight is 311 g/mol. The summed E-state index contributed by atoms with van der Waals surface area (Å²) in [6.45, 7) is 1.74. The second kappa shape index (κ2) is 7.47. The molecule has 8 heteroatoms. The van der Waals surface area contributed by atoms with Crippen LogP contribution in [0.15, 0.2) is 12.1 Å². The van der Waals surface area contributed by atoms with Crippen LogP contribution in [0.25, 0.3) is 0 Å². The van der Waals surface area contributed by atoms with Gasteiger partial charge >= 0.3 is 0 Å². The average Bonchev–Trinajstić information content (AvgIpc) is 2.37. The summed E-state index contributed by atoms with van der Waals surface area (Å²) in [5.74, 6) is -4.05. The van der Waals surface area contributed by atoms with E-state index in [0.717, 1.165) is 6.54 Å². The number of benzene rings is 1. The van der Waals surface area contributed by atoms with Crippen molar-refractivity contribution >= 4 is 24.0 Å². The topological polar surface area (TPSA) is 50.4 Å². The number of carbonyl (C=O) groups is 1. The molecule has 2 N–H and O–H groups in total. The zero-order valence-electron chi connectivity index (χ0n) is 10.4. The Morgan fingerprint density at radius 2 is 2.00 bits per heavy atom. The van der Waals surface area contributed by atoms with Crippen molar-refractivity contribution in [3.05, 3.63) is 29.6 Å². The van der Waals surface area contributed by atoms with Gasteiger partial charge in [-0.2, -0.15) is 0 Å². The summed E-state index contributed by atoms with van der Waals surface area (Å²) in [7, 11) is 0. The first-order valence-electron chi connectivity index (χ1n) is 5.83. The number of hydrogen-bond acceptors (Lipinski definition) is 3. The number of ether oxygens (including phenoxy) is 1. The van der Waals surface area contributed by atoms with E-state index in [-0.39, 0.29) is 30.6 Å². The van der Waals surface area contributed by atoms with Gasteiger partial charge in [-0.3, -0.25) is 4.79 Å². The number of carbonyl (C=O) groups excluding carboxylic acids is 1. The maximum absolute atomic E-state index is 13.3. The Labute approximate surface area is 120 Å². The molecule has 0 spiro atoms. The lowest BCUT2D eigenvalue weighted by molar-refractivity contribution is -0.119. The van der Waals surface area contributed by atoms with Gasteiger partial charge < -0.3 is 15.4 Å². The molecule has 0 saturated carbocycles. The molecule has 1 unspecified atom stereocenters. The molecule has 1 saturated heterocycles. The minimum Gasteiger partial charge on any atom is -0.375 e. The van der Waals surface area contributed by atoms with Crippen molar-refractivity contribution in [1.82, 2.24) is 5.32 Å². The van der Waals surface area contributed by atoms with Crippen molar-refractivity contribution in [2.75, 3.05) is 25.0 Å². The van der Waals surface area contributed by atoms with Crippen molar-refractivity contribution < 1.29 is 22.7 Å². The van der Waals surface area contributed by atoms with Gasteiger partial charge in [-0.25, -0.2) is 13.2 Å². The van der Waals surface area contributed by atoms with Crippen LogP contribution in [0.3, 0.4) is 0 Å². The predicted molar refractivity (Wildman–Crippen MR) is 69.4 cm³/mol. The first-order valence-corrected chi connectivity index (χ1v) is 5.83. The summed E-state index contributed by atoms with van der Waals surface area (Å²) in [6, 6.07) is 1.01. The Balaban J connectivity index is 0.00000200. The van der Waals surface area contributed by atoms with Gasteiger partial charge in [-0.1, -0.05) is 0 Å². The quantitative estimate of drug-likeness (QED) is 0.838. The molecular weight excluding hydrogens is 297 g/mol. The van der Waals surface area contributed by atoms with Crippen molar-refractivity contribution in [2.45, 2.75) is 12.5 Å². The van der Waals surface area contributed by atoms with Gasteiger partial charge in [0.15, 0.2) is 11.6 Å². The van der Waals surface area contributed by atoms with E-state index in [1.54, 1.807) is 0 Å². The fraction of sp³-hybridized carbons (Fsp3) is 0.417. The van der Waals surface area contributed by atoms with E-state index < -0.39 is 23.4 Å². The van der Waals surface area contributed by atoms with E-state index in [0.29, 0.717) is 25.3 Å². The second-order valence-corrected chi connectivity index (χ2v) is 4.20. The third kappa shape index (κ3) is 4.36. The van der Waals surface area contributed by atoms with Crippen LogP contribution >= 0.6 is 12.4 Å². The maximum Gasteiger partial charge on any atom is 0.227 e. The fourth-order valence-corrected chi connectivity index (χ4v) is 1.78. The molecule has 1 aromatic carbocycles. The van der Waals surface area contributed by atoms with E-state index in [1.807, 2.05) is 0 Å². The highest BCUT2D eigenvalue weighted by Crippen LogP contribution is 2.18. The summed E-state index contributed by atoms with van der Waals surface area (Å²) in [5, 5.41) is 5.24. The Morgan fingerprint density at radius 3 is 2.65 bits per heavy atom. The molecule has 1 aliphatic rings. The standard InChI is InChI=1S/C12H13F3N2O2.ClH/c13-8-4-10(15)11(5-9(8)14)17-12(18)3-7-6-16-1-2-19-7;/h4-5,7,16H,1-3,6H2,(H,17,18);1H. The molecule has 1 amide bonds. The molecular formula is C12H14ClF3N2O2. The van der Waals surface area contributed by atoms with Gasteiger partial charge in [0.05, 0.1) is 24.8 Å². The smallest absolute Gasteiger partial charge is 0.227 e. The van der Waals surface area contributed by atoms with E-state index in [9.17, 15) is 18.0 Å². The molecule has 0 bridgehead atoms. The lowest BCUT2D eigenvalue weighted by atomic mass is 10.2. The van der Waals surface area contributed by atoms with Crippen LogP contribution in [0.4, 0.5) is 18.9 Å². The highest BCUT2D eigenvalue weighted by Gasteiger charge is 2.19. The third-order valence-electron chi connectivity index (χ3n) is 2.70. The first kappa shape index (κ1) is 16.7. The SMILES string of the molecule is Cl.O=C(CC1CNCCO1)Nc1cc(F)c(F)cc1F. The molecule has 4 nitrogen and oxygen atoms in total. The van der Waals surface area contributed by atoms with E-state index >= 15 is 0 Å². The summed E-state index contributed by atoms with van der Waals surface area (Å²) in [6.07, 6.45) is -0.284. The van der Waals surface area contributed by atoms with Gasteiger partial charge in [-0.15, -0.1) is 12.4 Å². The lowest BCUT2D eigenvalue weighted by Crippen LogP contribution is -2.40. The Kier molecular flexibility index (Phi) is 6.25. The maximum atomic E-state index is 13.3. The molecule has 20 heavy (non-hydrogen) atoms. The third-order valence-corrected chi connectivity index (χ3v) is 2.70. The summed E-state index contributed by atoms with van der Waals surface area (Å²) in [5.41, 5.74) is -0.382. The Bertz CT molecular complexity index is 482. The van der Waals surface area contributed by atoms with Crippen LogP contribution in [0.2, 0.25) is 0 Å². The number of rotatable bonds is 3. The van der Waals surface area contributed by atoms with Crippen molar-refractivity contribution in [3.8, 4) is 0 Å². The largest absolute Gasteiger partial charge is 0.375 e. The van der Waals surface area contributed by atoms with Gasteiger partial charge in [0.25, 0.3) is 0 Å². The van der Waals surface area contributed by atoms with Crippen LogP contribution in [0, 0.1) is 17.5 Å². The molecule has 2 rings (SSSR count). The monoisotopic (exact) mass is 310 g/mol. The minimum atomic E-state index is -1.30. The summed E-state index contributed by atoms with van der Waals surface area (Å²) < 4.78 is 44.3. The van der Waals surface area contributed by atoms with Crippen LogP contribution < -0.4 is 10.6 Å². The highest BCUT2D eigenvalue weighted by atomic mass is 35.5. The molecule has 1 fully saturated rings. The number of hydrogen-bond donors (Lipinski definition) is 2. The number of morpholine rings is 1. The van der Waals surface area contributed by atoms with Crippen molar-refractivity contribution in [2.24, 2.45) is 0 Å². The highest BCUT2D eigenvalue weighted by molar-refractivity contribution is 5.91. The summed E-state index contributed by atoms with van der Waals surface area (Å²) >= 11 is 0.